The Kier molecular flexibility index (Phi) is 4.70. The molecule has 0 unspecified atom stereocenters. The molecule has 31 heavy (non-hydrogen) atoms. The number of nitrogens with zero attached hydrogens (tertiary/aromatic N) is 2. The zero-order valence-corrected chi connectivity index (χ0v) is 17.2. The average Bonchev–Trinajstić information content (AvgIpc) is 3.40. The van der Waals surface area contributed by atoms with Crippen molar-refractivity contribution in [2.24, 2.45) is 0 Å². The van der Waals surface area contributed by atoms with Gasteiger partial charge in [0.05, 0.1) is 30.0 Å². The molecule has 3 amide bonds. The van der Waals surface area contributed by atoms with E-state index in [-0.39, 0.29) is 30.0 Å². The van der Waals surface area contributed by atoms with E-state index in [0.29, 0.717) is 16.9 Å². The van der Waals surface area contributed by atoms with Crippen LogP contribution in [0.5, 0.6) is 0 Å². The Morgan fingerprint density at radius 3 is 2.68 bits per heavy atom. The Labute approximate surface area is 180 Å². The third-order valence-corrected chi connectivity index (χ3v) is 6.24. The number of furan rings is 1. The van der Waals surface area contributed by atoms with Gasteiger partial charge in [-0.25, -0.2) is 0 Å². The zero-order chi connectivity index (χ0) is 21.5. The van der Waals surface area contributed by atoms with E-state index in [1.54, 1.807) is 42.3 Å². The van der Waals surface area contributed by atoms with Crippen molar-refractivity contribution in [2.45, 2.75) is 31.8 Å². The highest BCUT2D eigenvalue weighted by Crippen LogP contribution is 2.34. The summed E-state index contributed by atoms with van der Waals surface area (Å²) in [7, 11) is 1.80. The Morgan fingerprint density at radius 1 is 1.06 bits per heavy atom. The molecule has 0 radical (unpaired) electrons. The number of hydrogen-bond donors (Lipinski definition) is 0. The Balaban J connectivity index is 1.41. The van der Waals surface area contributed by atoms with Gasteiger partial charge in [-0.2, -0.15) is 0 Å². The lowest BCUT2D eigenvalue weighted by atomic mass is 9.86. The topological polar surface area (TPSA) is 70.8 Å². The second-order valence-electron chi connectivity index (χ2n) is 8.06. The monoisotopic (exact) mass is 414 g/mol. The quantitative estimate of drug-likeness (QED) is 0.599. The van der Waals surface area contributed by atoms with Crippen LogP contribution in [0.2, 0.25) is 0 Å². The fraction of sp³-hybridized carbons (Fsp3) is 0.240. The fourth-order valence-electron chi connectivity index (χ4n) is 4.60. The minimum absolute atomic E-state index is 0.00140. The minimum atomic E-state index is -0.406. The lowest BCUT2D eigenvalue weighted by Crippen LogP contribution is -2.33. The van der Waals surface area contributed by atoms with Gasteiger partial charge in [0.15, 0.2) is 0 Å². The summed E-state index contributed by atoms with van der Waals surface area (Å²) in [6.07, 6.45) is 4.45. The summed E-state index contributed by atoms with van der Waals surface area (Å²) in [6, 6.07) is 16.4. The molecule has 2 aliphatic rings. The summed E-state index contributed by atoms with van der Waals surface area (Å²) in [5.74, 6) is -0.405. The van der Waals surface area contributed by atoms with Gasteiger partial charge < -0.3 is 9.32 Å². The number of rotatable bonds is 4. The van der Waals surface area contributed by atoms with Crippen LogP contribution in [0.15, 0.2) is 65.3 Å². The number of imide groups is 1. The van der Waals surface area contributed by atoms with Gasteiger partial charge in [0, 0.05) is 12.6 Å². The van der Waals surface area contributed by atoms with Gasteiger partial charge in [-0.3, -0.25) is 19.3 Å². The maximum atomic E-state index is 13.3. The summed E-state index contributed by atoms with van der Waals surface area (Å²) in [4.78, 5) is 41.8. The molecular weight excluding hydrogens is 392 g/mol. The maximum absolute atomic E-state index is 13.3. The first-order valence-electron chi connectivity index (χ1n) is 10.4. The molecule has 1 aromatic heterocycles. The molecule has 6 heteroatoms. The van der Waals surface area contributed by atoms with E-state index in [0.717, 1.165) is 24.2 Å². The Morgan fingerprint density at radius 2 is 1.87 bits per heavy atom. The first-order chi connectivity index (χ1) is 15.0. The van der Waals surface area contributed by atoms with Crippen molar-refractivity contribution in [1.29, 1.82) is 0 Å². The van der Waals surface area contributed by atoms with Gasteiger partial charge in [0.1, 0.15) is 5.76 Å². The highest BCUT2D eigenvalue weighted by molar-refractivity contribution is 6.22. The molecule has 0 fully saturated rings. The molecule has 1 aliphatic carbocycles. The van der Waals surface area contributed by atoms with Crippen LogP contribution in [0.4, 0.5) is 0 Å². The molecule has 3 aromatic rings. The number of fused-ring (bicyclic) bond motifs is 2. The van der Waals surface area contributed by atoms with Gasteiger partial charge >= 0.3 is 0 Å². The standard InChI is InChI=1S/C25H22N2O4/c1-26(22-10-4-7-16-6-2-3-9-19(16)22)23(28)17-11-12-20-21(14-17)25(30)27(24(20)29)15-18-8-5-13-31-18/h2-3,5-6,8-9,11-14,22H,4,7,10,15H2,1H3/t22-/m1/s1. The molecule has 2 aromatic carbocycles. The van der Waals surface area contributed by atoms with Crippen LogP contribution in [0.1, 0.15) is 66.8 Å². The normalized spacial score (nSPS) is 17.5. The molecule has 2 heterocycles. The van der Waals surface area contributed by atoms with Crippen molar-refractivity contribution in [2.75, 3.05) is 7.05 Å². The third kappa shape index (κ3) is 3.24. The largest absolute Gasteiger partial charge is 0.467 e. The molecule has 0 saturated heterocycles. The summed E-state index contributed by atoms with van der Waals surface area (Å²) in [6.45, 7) is 0.0708. The van der Waals surface area contributed by atoms with Gasteiger partial charge in [-0.15, -0.1) is 0 Å². The van der Waals surface area contributed by atoms with E-state index < -0.39 is 5.91 Å². The van der Waals surface area contributed by atoms with Crippen LogP contribution in [0.25, 0.3) is 0 Å². The third-order valence-electron chi connectivity index (χ3n) is 6.24. The zero-order valence-electron chi connectivity index (χ0n) is 17.2. The number of amides is 3. The second kappa shape index (κ2) is 7.54. The predicted octanol–water partition coefficient (Wildman–Crippen LogP) is 4.23. The highest BCUT2D eigenvalue weighted by atomic mass is 16.3. The molecule has 1 atom stereocenters. The Hall–Kier alpha value is -3.67. The van der Waals surface area contributed by atoms with Crippen LogP contribution < -0.4 is 0 Å². The number of hydrogen-bond acceptors (Lipinski definition) is 4. The molecule has 0 N–H and O–H groups in total. The first-order valence-corrected chi connectivity index (χ1v) is 10.4. The average molecular weight is 414 g/mol. The van der Waals surface area contributed by atoms with Crippen LogP contribution in [-0.2, 0) is 13.0 Å². The van der Waals surface area contributed by atoms with Crippen LogP contribution in [0.3, 0.4) is 0 Å². The molecule has 5 rings (SSSR count). The van der Waals surface area contributed by atoms with E-state index in [2.05, 4.69) is 12.1 Å². The van der Waals surface area contributed by atoms with Gasteiger partial charge in [0.2, 0.25) is 0 Å². The summed E-state index contributed by atoms with van der Waals surface area (Å²) < 4.78 is 5.27. The van der Waals surface area contributed by atoms with Crippen molar-refractivity contribution < 1.29 is 18.8 Å². The smallest absolute Gasteiger partial charge is 0.261 e. The molecule has 156 valence electrons. The molecule has 6 nitrogen and oxygen atoms in total. The van der Waals surface area contributed by atoms with E-state index in [1.807, 2.05) is 12.1 Å². The van der Waals surface area contributed by atoms with E-state index >= 15 is 0 Å². The fourth-order valence-corrected chi connectivity index (χ4v) is 4.60. The maximum Gasteiger partial charge on any atom is 0.261 e. The summed E-state index contributed by atoms with van der Waals surface area (Å²) in [5, 5.41) is 0. The van der Waals surface area contributed by atoms with E-state index in [4.69, 9.17) is 4.42 Å². The van der Waals surface area contributed by atoms with Crippen molar-refractivity contribution in [3.8, 4) is 0 Å². The van der Waals surface area contributed by atoms with Crippen molar-refractivity contribution in [3.63, 3.8) is 0 Å². The molecule has 0 bridgehead atoms. The van der Waals surface area contributed by atoms with Crippen LogP contribution in [0, 0.1) is 0 Å². The molecular formula is C25H22N2O4. The van der Waals surface area contributed by atoms with Gasteiger partial charge in [0.25, 0.3) is 17.7 Å². The summed E-state index contributed by atoms with van der Waals surface area (Å²) >= 11 is 0. The van der Waals surface area contributed by atoms with Crippen molar-refractivity contribution >= 4 is 17.7 Å². The summed E-state index contributed by atoms with van der Waals surface area (Å²) in [5.41, 5.74) is 3.45. The molecule has 1 aliphatic heterocycles. The van der Waals surface area contributed by atoms with Crippen molar-refractivity contribution in [3.05, 3.63) is 94.4 Å². The Bertz CT molecular complexity index is 1180. The lowest BCUT2D eigenvalue weighted by molar-refractivity contribution is 0.0631. The number of carbonyl (C=O) groups excluding carboxylic acids is 3. The van der Waals surface area contributed by atoms with Crippen LogP contribution >= 0.6 is 0 Å². The minimum Gasteiger partial charge on any atom is -0.467 e. The number of aryl methyl sites for hydroxylation is 1. The van der Waals surface area contributed by atoms with Crippen LogP contribution in [-0.4, -0.2) is 34.6 Å². The second-order valence-corrected chi connectivity index (χ2v) is 8.06. The predicted molar refractivity (Wildman–Crippen MR) is 114 cm³/mol. The highest BCUT2D eigenvalue weighted by Gasteiger charge is 2.37. The SMILES string of the molecule is CN(C(=O)c1ccc2c(c1)C(=O)N(Cc1ccco1)C2=O)[C@@H]1CCCc2ccccc21. The number of benzene rings is 2. The van der Waals surface area contributed by atoms with E-state index in [1.165, 1.54) is 17.4 Å². The first kappa shape index (κ1) is 19.3. The molecule has 0 saturated carbocycles. The van der Waals surface area contributed by atoms with E-state index in [9.17, 15) is 14.4 Å². The molecule has 0 spiro atoms. The number of carbonyl (C=O) groups is 3. The van der Waals surface area contributed by atoms with Crippen molar-refractivity contribution in [1.82, 2.24) is 9.80 Å². The van der Waals surface area contributed by atoms with Gasteiger partial charge in [-0.1, -0.05) is 24.3 Å². The lowest BCUT2D eigenvalue weighted by Gasteiger charge is -2.33. The van der Waals surface area contributed by atoms with Gasteiger partial charge in [-0.05, 0) is 60.7 Å².